The summed E-state index contributed by atoms with van der Waals surface area (Å²) in [5.74, 6) is -0.602. The summed E-state index contributed by atoms with van der Waals surface area (Å²) < 4.78 is 18.1. The number of ether oxygens (including phenoxy) is 2. The van der Waals surface area contributed by atoms with Crippen LogP contribution in [0.25, 0.3) is 11.6 Å². The quantitative estimate of drug-likeness (QED) is 0.396. The van der Waals surface area contributed by atoms with Crippen LogP contribution in [0.4, 0.5) is 5.82 Å². The second kappa shape index (κ2) is 9.40. The third-order valence-electron chi connectivity index (χ3n) is 4.28. The standard InChI is InChI=1S/C22H20N6O6/c1-12(2)32-15-8-13(20(29)24-18-6-7-28(3)26-18)9-16(10-15)33-14-4-5-17(23-11-14)21-25-19(22(30)31)27-34-21/h4-12H,1-3H3,(H,30,31)(H,24,26,29). The van der Waals surface area contributed by atoms with Crippen LogP contribution in [0.1, 0.15) is 34.8 Å². The summed E-state index contributed by atoms with van der Waals surface area (Å²) >= 11 is 0. The maximum absolute atomic E-state index is 12.8. The minimum Gasteiger partial charge on any atom is -0.491 e. The summed E-state index contributed by atoms with van der Waals surface area (Å²) in [6.45, 7) is 3.74. The van der Waals surface area contributed by atoms with Gasteiger partial charge in [-0.05, 0) is 43.3 Å². The first kappa shape index (κ1) is 22.5. The lowest BCUT2D eigenvalue weighted by Crippen LogP contribution is -2.13. The predicted molar refractivity (Wildman–Crippen MR) is 118 cm³/mol. The normalized spacial score (nSPS) is 10.8. The number of aryl methyl sites for hydroxylation is 1. The second-order valence-electron chi connectivity index (χ2n) is 7.40. The number of hydrogen-bond donors (Lipinski definition) is 2. The average molecular weight is 464 g/mol. The van der Waals surface area contributed by atoms with Gasteiger partial charge in [0.05, 0.1) is 12.3 Å². The Bertz CT molecular complexity index is 1330. The summed E-state index contributed by atoms with van der Waals surface area (Å²) in [6.07, 6.45) is 3.01. The van der Waals surface area contributed by atoms with Crippen molar-refractivity contribution in [3.8, 4) is 28.8 Å². The molecule has 0 bridgehead atoms. The number of aromatic carboxylic acids is 1. The van der Waals surface area contributed by atoms with E-state index in [1.807, 2.05) is 13.8 Å². The molecule has 1 amide bonds. The molecule has 4 aromatic rings. The molecule has 0 spiro atoms. The van der Waals surface area contributed by atoms with E-state index in [4.69, 9.17) is 19.1 Å². The van der Waals surface area contributed by atoms with Crippen molar-refractivity contribution < 1.29 is 28.7 Å². The lowest BCUT2D eigenvalue weighted by atomic mass is 10.2. The highest BCUT2D eigenvalue weighted by atomic mass is 16.5. The highest BCUT2D eigenvalue weighted by Gasteiger charge is 2.16. The van der Waals surface area contributed by atoms with E-state index in [9.17, 15) is 9.59 Å². The number of carbonyl (C=O) groups excluding carboxylic acids is 1. The first-order valence-corrected chi connectivity index (χ1v) is 10.1. The van der Waals surface area contributed by atoms with E-state index in [1.165, 1.54) is 12.3 Å². The van der Waals surface area contributed by atoms with Gasteiger partial charge in [0.1, 0.15) is 22.9 Å². The van der Waals surface area contributed by atoms with Crippen LogP contribution in [-0.2, 0) is 7.05 Å². The molecule has 3 heterocycles. The number of pyridine rings is 1. The van der Waals surface area contributed by atoms with Gasteiger partial charge >= 0.3 is 5.97 Å². The van der Waals surface area contributed by atoms with Gasteiger partial charge in [-0.1, -0.05) is 0 Å². The van der Waals surface area contributed by atoms with Gasteiger partial charge in [-0.2, -0.15) is 10.1 Å². The molecule has 0 aliphatic carbocycles. The van der Waals surface area contributed by atoms with Crippen molar-refractivity contribution in [2.75, 3.05) is 5.32 Å². The Balaban J connectivity index is 1.55. The number of anilines is 1. The monoisotopic (exact) mass is 464 g/mol. The Morgan fingerprint density at radius 2 is 1.91 bits per heavy atom. The topological polar surface area (TPSA) is 154 Å². The zero-order chi connectivity index (χ0) is 24.2. The van der Waals surface area contributed by atoms with Crippen LogP contribution >= 0.6 is 0 Å². The highest BCUT2D eigenvalue weighted by molar-refractivity contribution is 6.04. The number of carbonyl (C=O) groups is 2. The summed E-state index contributed by atoms with van der Waals surface area (Å²) in [7, 11) is 1.75. The van der Waals surface area contributed by atoms with Crippen molar-refractivity contribution in [3.63, 3.8) is 0 Å². The molecule has 12 nitrogen and oxygen atoms in total. The van der Waals surface area contributed by atoms with E-state index in [1.54, 1.807) is 48.3 Å². The van der Waals surface area contributed by atoms with Gasteiger partial charge in [0, 0.05) is 30.9 Å². The third-order valence-corrected chi connectivity index (χ3v) is 4.28. The molecule has 34 heavy (non-hydrogen) atoms. The summed E-state index contributed by atoms with van der Waals surface area (Å²) in [5, 5.41) is 19.1. The van der Waals surface area contributed by atoms with E-state index >= 15 is 0 Å². The van der Waals surface area contributed by atoms with Crippen LogP contribution in [0.2, 0.25) is 0 Å². The molecule has 0 aliphatic rings. The molecule has 0 fully saturated rings. The van der Waals surface area contributed by atoms with Gasteiger partial charge in [0.25, 0.3) is 17.6 Å². The first-order valence-electron chi connectivity index (χ1n) is 10.1. The second-order valence-corrected chi connectivity index (χ2v) is 7.40. The number of nitrogens with one attached hydrogen (secondary N) is 1. The van der Waals surface area contributed by atoms with Crippen molar-refractivity contribution in [1.29, 1.82) is 0 Å². The van der Waals surface area contributed by atoms with Crippen LogP contribution in [-0.4, -0.2) is 48.0 Å². The number of aromatic nitrogens is 5. The highest BCUT2D eigenvalue weighted by Crippen LogP contribution is 2.29. The minimum absolute atomic E-state index is 0.0373. The largest absolute Gasteiger partial charge is 0.491 e. The van der Waals surface area contributed by atoms with Crippen LogP contribution in [0.5, 0.6) is 17.2 Å². The van der Waals surface area contributed by atoms with Crippen LogP contribution in [0.15, 0.2) is 53.3 Å². The van der Waals surface area contributed by atoms with E-state index in [2.05, 4.69) is 25.5 Å². The van der Waals surface area contributed by atoms with E-state index < -0.39 is 11.8 Å². The van der Waals surface area contributed by atoms with Crippen LogP contribution in [0, 0.1) is 0 Å². The summed E-state index contributed by atoms with van der Waals surface area (Å²) in [6, 6.07) is 9.65. The van der Waals surface area contributed by atoms with Gasteiger partial charge in [-0.25, -0.2) is 9.78 Å². The smallest absolute Gasteiger partial charge is 0.377 e. The molecule has 174 valence electrons. The van der Waals surface area contributed by atoms with Gasteiger partial charge in [0.15, 0.2) is 5.82 Å². The average Bonchev–Trinajstić information content (AvgIpc) is 3.43. The van der Waals surface area contributed by atoms with Crippen LogP contribution < -0.4 is 14.8 Å². The van der Waals surface area contributed by atoms with Crippen LogP contribution in [0.3, 0.4) is 0 Å². The van der Waals surface area contributed by atoms with E-state index in [-0.39, 0.29) is 23.6 Å². The molecule has 0 radical (unpaired) electrons. The van der Waals surface area contributed by atoms with E-state index in [0.29, 0.717) is 28.6 Å². The minimum atomic E-state index is -1.30. The molecule has 0 saturated carbocycles. The first-order chi connectivity index (χ1) is 16.3. The maximum Gasteiger partial charge on any atom is 0.377 e. The summed E-state index contributed by atoms with van der Waals surface area (Å²) in [4.78, 5) is 31.6. The molecule has 2 N–H and O–H groups in total. The maximum atomic E-state index is 12.8. The fourth-order valence-electron chi connectivity index (χ4n) is 2.89. The van der Waals surface area contributed by atoms with Gasteiger partial charge in [-0.3, -0.25) is 9.48 Å². The molecule has 4 rings (SSSR count). The molecule has 3 aromatic heterocycles. The number of carboxylic acid groups (broad SMARTS) is 1. The third kappa shape index (κ3) is 5.35. The van der Waals surface area contributed by atoms with Gasteiger partial charge in [0.2, 0.25) is 0 Å². The number of rotatable bonds is 8. The molecular weight excluding hydrogens is 444 g/mol. The number of amides is 1. The Morgan fingerprint density at radius 3 is 2.53 bits per heavy atom. The molecule has 0 aliphatic heterocycles. The van der Waals surface area contributed by atoms with E-state index in [0.717, 1.165) is 0 Å². The lowest BCUT2D eigenvalue weighted by molar-refractivity contribution is 0.0680. The number of nitrogens with zero attached hydrogens (tertiary/aromatic N) is 5. The molecular formula is C22H20N6O6. The Kier molecular flexibility index (Phi) is 6.21. The fraction of sp³-hybridized carbons (Fsp3) is 0.182. The van der Waals surface area contributed by atoms with Crippen molar-refractivity contribution in [1.82, 2.24) is 24.9 Å². The predicted octanol–water partition coefficient (Wildman–Crippen LogP) is 3.40. The van der Waals surface area contributed by atoms with Crippen molar-refractivity contribution in [2.24, 2.45) is 7.05 Å². The van der Waals surface area contributed by atoms with Crippen molar-refractivity contribution >= 4 is 17.7 Å². The molecule has 0 unspecified atom stereocenters. The molecule has 0 atom stereocenters. The van der Waals surface area contributed by atoms with Gasteiger partial charge in [-0.15, -0.1) is 0 Å². The number of benzene rings is 1. The molecule has 0 saturated heterocycles. The Labute approximate surface area is 193 Å². The number of carboxylic acids is 1. The zero-order valence-corrected chi connectivity index (χ0v) is 18.4. The van der Waals surface area contributed by atoms with Crippen molar-refractivity contribution in [2.45, 2.75) is 20.0 Å². The SMILES string of the molecule is CC(C)Oc1cc(Oc2ccc(-c3nc(C(=O)O)no3)nc2)cc(C(=O)Nc2ccn(C)n2)c1. The fourth-order valence-corrected chi connectivity index (χ4v) is 2.89. The Hall–Kier alpha value is -4.74. The zero-order valence-electron chi connectivity index (χ0n) is 18.4. The number of hydrogen-bond acceptors (Lipinski definition) is 9. The van der Waals surface area contributed by atoms with Gasteiger partial charge < -0.3 is 24.4 Å². The lowest BCUT2D eigenvalue weighted by Gasteiger charge is -2.14. The summed E-state index contributed by atoms with van der Waals surface area (Å²) in [5.41, 5.74) is 0.593. The Morgan fingerprint density at radius 1 is 1.12 bits per heavy atom. The van der Waals surface area contributed by atoms with Crippen molar-refractivity contribution in [3.05, 3.63) is 60.2 Å². The molecule has 12 heteroatoms. The molecule has 1 aromatic carbocycles.